The Morgan fingerprint density at radius 1 is 0.556 bits per heavy atom. The van der Waals surface area contributed by atoms with Crippen LogP contribution in [0.2, 0.25) is 0 Å². The van der Waals surface area contributed by atoms with Gasteiger partial charge >= 0.3 is 10.4 Å². The average molecular weight is 384 g/mol. The zero-order chi connectivity index (χ0) is 19.6. The van der Waals surface area contributed by atoms with Crippen LogP contribution in [0.1, 0.15) is 0 Å². The molecular formula is C20H16O6S. The second kappa shape index (κ2) is 7.24. The third kappa shape index (κ3) is 4.17. The monoisotopic (exact) mass is 384 g/mol. The van der Waals surface area contributed by atoms with Gasteiger partial charge in [0.25, 0.3) is 0 Å². The number of hydrogen-bond acceptors (Lipinski definition) is 4. The molecule has 0 aromatic heterocycles. The zero-order valence-corrected chi connectivity index (χ0v) is 14.8. The minimum Gasteiger partial charge on any atom is -0.507 e. The van der Waals surface area contributed by atoms with Crippen molar-refractivity contribution in [3.63, 3.8) is 0 Å². The lowest BCUT2D eigenvalue weighted by molar-refractivity contribution is 0.381. The Labute approximate surface area is 155 Å². The average Bonchev–Trinajstić information content (AvgIpc) is 2.61. The first-order chi connectivity index (χ1) is 12.8. The van der Waals surface area contributed by atoms with Gasteiger partial charge in [0.2, 0.25) is 0 Å². The molecule has 27 heavy (non-hydrogen) atoms. The summed E-state index contributed by atoms with van der Waals surface area (Å²) in [6.45, 7) is 0. The fourth-order valence-electron chi connectivity index (χ4n) is 3.05. The molecule has 4 N–H and O–H groups in total. The number of fused-ring (bicyclic) bond motifs is 2. The fourth-order valence-corrected chi connectivity index (χ4v) is 3.05. The van der Waals surface area contributed by atoms with Gasteiger partial charge in [0.1, 0.15) is 11.5 Å². The predicted molar refractivity (Wildman–Crippen MR) is 104 cm³/mol. The maximum Gasteiger partial charge on any atom is 0.394 e. The third-order valence-electron chi connectivity index (χ3n) is 4.06. The quantitative estimate of drug-likeness (QED) is 0.361. The van der Waals surface area contributed by atoms with Gasteiger partial charge in [-0.05, 0) is 33.7 Å². The van der Waals surface area contributed by atoms with Gasteiger partial charge in [-0.3, -0.25) is 9.11 Å². The fraction of sp³-hybridized carbons (Fsp3) is 0. The van der Waals surface area contributed by atoms with Crippen LogP contribution in [-0.2, 0) is 10.4 Å². The Balaban J connectivity index is 0.000000376. The first-order valence-electron chi connectivity index (χ1n) is 7.87. The molecular weight excluding hydrogens is 368 g/mol. The summed E-state index contributed by atoms with van der Waals surface area (Å²) >= 11 is 0. The summed E-state index contributed by atoms with van der Waals surface area (Å²) in [4.78, 5) is 0. The van der Waals surface area contributed by atoms with E-state index >= 15 is 0 Å². The zero-order valence-electron chi connectivity index (χ0n) is 13.9. The molecule has 0 aliphatic rings. The van der Waals surface area contributed by atoms with Crippen LogP contribution in [0.25, 0.3) is 32.7 Å². The Bertz CT molecular complexity index is 1140. The lowest BCUT2D eigenvalue weighted by atomic mass is 9.92. The van der Waals surface area contributed by atoms with Gasteiger partial charge in [-0.25, -0.2) is 0 Å². The van der Waals surface area contributed by atoms with Crippen LogP contribution >= 0.6 is 0 Å². The van der Waals surface area contributed by atoms with Gasteiger partial charge < -0.3 is 10.2 Å². The third-order valence-corrected chi connectivity index (χ3v) is 4.06. The predicted octanol–water partition coefficient (Wildman–Crippen LogP) is 4.42. The highest BCUT2D eigenvalue weighted by Crippen LogP contribution is 2.44. The number of benzene rings is 4. The molecule has 138 valence electrons. The van der Waals surface area contributed by atoms with Crippen LogP contribution in [0, 0.1) is 0 Å². The van der Waals surface area contributed by atoms with Crippen molar-refractivity contribution in [1.82, 2.24) is 0 Å². The molecule has 0 atom stereocenters. The van der Waals surface area contributed by atoms with Crippen LogP contribution in [0.3, 0.4) is 0 Å². The molecule has 0 amide bonds. The molecule has 0 radical (unpaired) electrons. The summed E-state index contributed by atoms with van der Waals surface area (Å²) < 4.78 is 31.6. The number of aromatic hydroxyl groups is 2. The van der Waals surface area contributed by atoms with Crippen molar-refractivity contribution < 1.29 is 27.7 Å². The number of phenolic OH excluding ortho intramolecular Hbond substituents is 2. The molecule has 0 unspecified atom stereocenters. The first-order valence-corrected chi connectivity index (χ1v) is 9.27. The minimum atomic E-state index is -4.67. The van der Waals surface area contributed by atoms with Gasteiger partial charge in [0.15, 0.2) is 0 Å². The summed E-state index contributed by atoms with van der Waals surface area (Å²) in [6.07, 6.45) is 0. The minimum absolute atomic E-state index is 0.172. The highest BCUT2D eigenvalue weighted by molar-refractivity contribution is 7.79. The van der Waals surface area contributed by atoms with Crippen LogP contribution in [-0.4, -0.2) is 27.7 Å². The number of phenols is 2. The molecule has 0 bridgehead atoms. The smallest absolute Gasteiger partial charge is 0.394 e. The molecule has 0 aliphatic heterocycles. The van der Waals surface area contributed by atoms with E-state index in [0.29, 0.717) is 11.1 Å². The molecule has 0 saturated heterocycles. The molecule has 6 nitrogen and oxygen atoms in total. The second-order valence-corrected chi connectivity index (χ2v) is 6.71. The summed E-state index contributed by atoms with van der Waals surface area (Å²) in [5.41, 5.74) is 1.35. The molecule has 4 aromatic rings. The molecule has 0 fully saturated rings. The van der Waals surface area contributed by atoms with E-state index < -0.39 is 10.4 Å². The van der Waals surface area contributed by atoms with Crippen molar-refractivity contribution in [2.45, 2.75) is 0 Å². The van der Waals surface area contributed by atoms with E-state index in [1.165, 1.54) is 0 Å². The van der Waals surface area contributed by atoms with Crippen LogP contribution in [0.4, 0.5) is 0 Å². The molecule has 7 heteroatoms. The lowest BCUT2D eigenvalue weighted by Crippen LogP contribution is -1.89. The lowest BCUT2D eigenvalue weighted by Gasteiger charge is -2.14. The molecule has 4 aromatic carbocycles. The molecule has 4 rings (SSSR count). The van der Waals surface area contributed by atoms with E-state index in [0.717, 1.165) is 21.5 Å². The molecule has 0 heterocycles. The second-order valence-electron chi connectivity index (χ2n) is 5.81. The van der Waals surface area contributed by atoms with E-state index in [2.05, 4.69) is 0 Å². The van der Waals surface area contributed by atoms with Crippen molar-refractivity contribution in [2.75, 3.05) is 0 Å². The van der Waals surface area contributed by atoms with Crippen LogP contribution < -0.4 is 0 Å². The largest absolute Gasteiger partial charge is 0.507 e. The van der Waals surface area contributed by atoms with Gasteiger partial charge in [-0.1, -0.05) is 60.7 Å². The SMILES string of the molecule is O=S(=O)(O)O.Oc1ccc2ccccc2c1-c1c(O)ccc2ccccc12. The van der Waals surface area contributed by atoms with Gasteiger partial charge in [0.05, 0.1) is 0 Å². The van der Waals surface area contributed by atoms with Gasteiger partial charge in [-0.15, -0.1) is 0 Å². The Morgan fingerprint density at radius 3 is 1.26 bits per heavy atom. The Hall–Kier alpha value is -3.13. The summed E-state index contributed by atoms with van der Waals surface area (Å²) in [6, 6.07) is 22.9. The van der Waals surface area contributed by atoms with Crippen molar-refractivity contribution in [3.8, 4) is 22.6 Å². The standard InChI is InChI=1S/C20H14O2.H2O4S/c21-17-11-9-13-5-1-3-7-15(13)19(17)20-16-8-4-2-6-14(16)10-12-18(20)22;1-5(2,3)4/h1-12,21-22H;(H2,1,2,3,4). The molecule has 0 aliphatic carbocycles. The number of hydrogen-bond donors (Lipinski definition) is 4. The number of rotatable bonds is 1. The molecule has 0 spiro atoms. The highest BCUT2D eigenvalue weighted by atomic mass is 32.3. The maximum atomic E-state index is 10.4. The van der Waals surface area contributed by atoms with Crippen molar-refractivity contribution >= 4 is 31.9 Å². The maximum absolute atomic E-state index is 10.4. The van der Waals surface area contributed by atoms with E-state index in [1.807, 2.05) is 60.7 Å². The normalized spacial score (nSPS) is 11.2. The first kappa shape index (κ1) is 18.7. The van der Waals surface area contributed by atoms with E-state index in [4.69, 9.17) is 17.5 Å². The molecule has 0 saturated carbocycles. The van der Waals surface area contributed by atoms with Crippen molar-refractivity contribution in [3.05, 3.63) is 72.8 Å². The van der Waals surface area contributed by atoms with Gasteiger partial charge in [-0.2, -0.15) is 8.42 Å². The summed E-state index contributed by atoms with van der Waals surface area (Å²) in [5.74, 6) is 0.343. The highest BCUT2D eigenvalue weighted by Gasteiger charge is 2.16. The van der Waals surface area contributed by atoms with E-state index in [1.54, 1.807) is 12.1 Å². The van der Waals surface area contributed by atoms with Crippen molar-refractivity contribution in [1.29, 1.82) is 0 Å². The topological polar surface area (TPSA) is 115 Å². The summed E-state index contributed by atoms with van der Waals surface area (Å²) in [7, 11) is -4.67. The summed E-state index contributed by atoms with van der Waals surface area (Å²) in [5, 5.41) is 24.8. The van der Waals surface area contributed by atoms with Crippen LogP contribution in [0.15, 0.2) is 72.8 Å². The van der Waals surface area contributed by atoms with E-state index in [9.17, 15) is 10.2 Å². The van der Waals surface area contributed by atoms with Crippen molar-refractivity contribution in [2.24, 2.45) is 0 Å². The van der Waals surface area contributed by atoms with Crippen LogP contribution in [0.5, 0.6) is 11.5 Å². The van der Waals surface area contributed by atoms with E-state index in [-0.39, 0.29) is 11.5 Å². The Kier molecular flexibility index (Phi) is 5.00. The van der Waals surface area contributed by atoms with Gasteiger partial charge in [0, 0.05) is 11.1 Å². The Morgan fingerprint density at radius 2 is 0.889 bits per heavy atom.